The minimum absolute atomic E-state index is 0.0163. The average molecular weight is 471 g/mol. The second-order valence-electron chi connectivity index (χ2n) is 7.48. The predicted molar refractivity (Wildman–Crippen MR) is 133 cm³/mol. The molecular weight excluding hydrogens is 452 g/mol. The summed E-state index contributed by atoms with van der Waals surface area (Å²) < 4.78 is 11.3. The summed E-state index contributed by atoms with van der Waals surface area (Å²) in [5.74, 6) is 0.706. The number of halogens is 1. The van der Waals surface area contributed by atoms with E-state index >= 15 is 0 Å². The van der Waals surface area contributed by atoms with E-state index in [2.05, 4.69) is 6.07 Å². The predicted octanol–water partition coefficient (Wildman–Crippen LogP) is 7.05. The van der Waals surface area contributed by atoms with E-state index in [4.69, 9.17) is 21.1 Å². The van der Waals surface area contributed by atoms with Crippen LogP contribution in [0, 0.1) is 21.4 Å². The van der Waals surface area contributed by atoms with Crippen LogP contribution >= 0.6 is 11.6 Å². The smallest absolute Gasteiger partial charge is 0.269 e. The molecule has 0 aliphatic rings. The molecular formula is C27H19ClN2O4. The second-order valence-corrected chi connectivity index (χ2v) is 7.89. The number of fused-ring (bicyclic) bond motifs is 1. The van der Waals surface area contributed by atoms with Gasteiger partial charge in [-0.2, -0.15) is 5.26 Å². The Kier molecular flexibility index (Phi) is 6.77. The third kappa shape index (κ3) is 5.01. The van der Waals surface area contributed by atoms with Gasteiger partial charge in [0.1, 0.15) is 6.61 Å². The molecule has 0 atom stereocenters. The van der Waals surface area contributed by atoms with E-state index in [0.29, 0.717) is 33.2 Å². The average Bonchev–Trinajstić information content (AvgIpc) is 2.86. The highest BCUT2D eigenvalue weighted by Crippen LogP contribution is 2.38. The first kappa shape index (κ1) is 22.8. The summed E-state index contributed by atoms with van der Waals surface area (Å²) in [6, 6.07) is 25.7. The van der Waals surface area contributed by atoms with E-state index in [1.165, 1.54) is 19.2 Å². The normalized spacial score (nSPS) is 11.1. The Morgan fingerprint density at radius 1 is 1.06 bits per heavy atom. The Balaban J connectivity index is 1.62. The molecule has 0 amide bonds. The first-order valence-electron chi connectivity index (χ1n) is 10.3. The summed E-state index contributed by atoms with van der Waals surface area (Å²) in [5, 5.41) is 23.2. The second kappa shape index (κ2) is 10.1. The molecule has 0 fully saturated rings. The summed E-state index contributed by atoms with van der Waals surface area (Å²) in [6.07, 6.45) is 1.74. The lowest BCUT2D eigenvalue weighted by Crippen LogP contribution is -2.00. The monoisotopic (exact) mass is 470 g/mol. The molecule has 0 N–H and O–H groups in total. The van der Waals surface area contributed by atoms with Crippen molar-refractivity contribution in [3.05, 3.63) is 111 Å². The number of allylic oxidation sites excluding steroid dienone is 1. The Hall–Kier alpha value is -4.34. The first-order valence-corrected chi connectivity index (χ1v) is 10.7. The van der Waals surface area contributed by atoms with Crippen molar-refractivity contribution in [2.24, 2.45) is 0 Å². The Labute approximate surface area is 201 Å². The topological polar surface area (TPSA) is 85.4 Å². The molecule has 34 heavy (non-hydrogen) atoms. The number of nitro groups is 1. The summed E-state index contributed by atoms with van der Waals surface area (Å²) >= 11 is 6.49. The highest BCUT2D eigenvalue weighted by atomic mass is 35.5. The van der Waals surface area contributed by atoms with E-state index in [-0.39, 0.29) is 12.3 Å². The number of nitro benzene ring substituents is 1. The lowest BCUT2D eigenvalue weighted by molar-refractivity contribution is -0.384. The quantitative estimate of drug-likeness (QED) is 0.125. The van der Waals surface area contributed by atoms with E-state index in [1.807, 2.05) is 42.5 Å². The van der Waals surface area contributed by atoms with E-state index < -0.39 is 4.92 Å². The number of benzene rings is 4. The van der Waals surface area contributed by atoms with Crippen LogP contribution in [0.25, 0.3) is 22.4 Å². The highest BCUT2D eigenvalue weighted by Gasteiger charge is 2.14. The summed E-state index contributed by atoms with van der Waals surface area (Å²) in [7, 11) is 1.49. The first-order chi connectivity index (χ1) is 16.5. The van der Waals surface area contributed by atoms with Crippen molar-refractivity contribution in [3.8, 4) is 17.6 Å². The van der Waals surface area contributed by atoms with Gasteiger partial charge < -0.3 is 9.47 Å². The van der Waals surface area contributed by atoms with Crippen molar-refractivity contribution in [2.75, 3.05) is 7.11 Å². The molecule has 0 heterocycles. The van der Waals surface area contributed by atoms with E-state index in [1.54, 1.807) is 30.3 Å². The van der Waals surface area contributed by atoms with Crippen LogP contribution in [0.3, 0.4) is 0 Å². The molecule has 0 saturated heterocycles. The molecule has 6 nitrogen and oxygen atoms in total. The number of rotatable bonds is 7. The van der Waals surface area contributed by atoms with Crippen molar-refractivity contribution in [2.45, 2.75) is 6.61 Å². The molecule has 0 aliphatic heterocycles. The summed E-state index contributed by atoms with van der Waals surface area (Å²) in [4.78, 5) is 10.5. The fourth-order valence-electron chi connectivity index (χ4n) is 3.58. The maximum atomic E-state index is 11.0. The lowest BCUT2D eigenvalue weighted by atomic mass is 10.00. The Bertz CT molecular complexity index is 1460. The number of hydrogen-bond donors (Lipinski definition) is 0. The van der Waals surface area contributed by atoms with Gasteiger partial charge in [-0.3, -0.25) is 10.1 Å². The van der Waals surface area contributed by atoms with Crippen molar-refractivity contribution in [1.82, 2.24) is 0 Å². The van der Waals surface area contributed by atoms with Crippen LogP contribution in [0.15, 0.2) is 78.9 Å². The van der Waals surface area contributed by atoms with Gasteiger partial charge in [0.2, 0.25) is 0 Å². The zero-order valence-corrected chi connectivity index (χ0v) is 19.0. The third-order valence-electron chi connectivity index (χ3n) is 5.25. The summed E-state index contributed by atoms with van der Waals surface area (Å²) in [6.45, 7) is 0.0769. The van der Waals surface area contributed by atoms with Crippen LogP contribution < -0.4 is 9.47 Å². The van der Waals surface area contributed by atoms with Gasteiger partial charge in [-0.1, -0.05) is 60.1 Å². The molecule has 0 bridgehead atoms. The van der Waals surface area contributed by atoms with Crippen molar-refractivity contribution in [1.29, 1.82) is 5.26 Å². The van der Waals surface area contributed by atoms with E-state index in [0.717, 1.165) is 16.3 Å². The number of non-ortho nitro benzene ring substituents is 1. The molecule has 0 radical (unpaired) electrons. The number of nitriles is 1. The fraction of sp³-hybridized carbons (Fsp3) is 0.0741. The standard InChI is InChI=1S/C27H19ClN2O4/c1-33-26-14-19(11-23(16-29)22-10-9-20-6-2-3-7-21(20)15-22)13-25(28)27(26)34-17-18-5-4-8-24(12-18)30(31)32/h2-15H,17H2,1H3/b23-11-. The molecule has 4 aromatic rings. The van der Waals surface area contributed by atoms with Gasteiger partial charge in [0.05, 0.1) is 28.7 Å². The summed E-state index contributed by atoms with van der Waals surface area (Å²) in [5.41, 5.74) is 2.56. The van der Waals surface area contributed by atoms with Crippen LogP contribution in [0.2, 0.25) is 5.02 Å². The van der Waals surface area contributed by atoms with Crippen molar-refractivity contribution < 1.29 is 14.4 Å². The zero-order chi connectivity index (χ0) is 24.1. The SMILES string of the molecule is COc1cc(/C=C(/C#N)c2ccc3ccccc3c2)cc(Cl)c1OCc1cccc([N+](=O)[O-])c1. The molecule has 4 aromatic carbocycles. The maximum Gasteiger partial charge on any atom is 0.269 e. The molecule has 0 aromatic heterocycles. The van der Waals surface area contributed by atoms with Crippen LogP contribution in [0.4, 0.5) is 5.69 Å². The van der Waals surface area contributed by atoms with Crippen molar-refractivity contribution >= 4 is 39.7 Å². The minimum atomic E-state index is -0.458. The van der Waals surface area contributed by atoms with Crippen LogP contribution in [-0.4, -0.2) is 12.0 Å². The Morgan fingerprint density at radius 3 is 2.59 bits per heavy atom. The maximum absolute atomic E-state index is 11.0. The molecule has 7 heteroatoms. The van der Waals surface area contributed by atoms with E-state index in [9.17, 15) is 15.4 Å². The number of ether oxygens (including phenoxy) is 2. The van der Waals surface area contributed by atoms with Crippen LogP contribution in [0.5, 0.6) is 11.5 Å². The van der Waals surface area contributed by atoms with Gasteiger partial charge in [0, 0.05) is 12.1 Å². The van der Waals surface area contributed by atoms with Gasteiger partial charge in [0.25, 0.3) is 5.69 Å². The Morgan fingerprint density at radius 2 is 1.85 bits per heavy atom. The van der Waals surface area contributed by atoms with Crippen LogP contribution in [0.1, 0.15) is 16.7 Å². The van der Waals surface area contributed by atoms with Crippen LogP contribution in [-0.2, 0) is 6.61 Å². The van der Waals surface area contributed by atoms with Gasteiger partial charge in [-0.05, 0) is 51.7 Å². The molecule has 0 aliphatic carbocycles. The fourth-order valence-corrected chi connectivity index (χ4v) is 3.86. The number of nitrogens with zero attached hydrogens (tertiary/aromatic N) is 2. The minimum Gasteiger partial charge on any atom is -0.493 e. The molecule has 168 valence electrons. The van der Waals surface area contributed by atoms with Gasteiger partial charge >= 0.3 is 0 Å². The third-order valence-corrected chi connectivity index (χ3v) is 5.53. The lowest BCUT2D eigenvalue weighted by Gasteiger charge is -2.14. The number of hydrogen-bond acceptors (Lipinski definition) is 5. The molecule has 0 unspecified atom stereocenters. The largest absolute Gasteiger partial charge is 0.493 e. The van der Waals surface area contributed by atoms with Gasteiger partial charge in [0.15, 0.2) is 11.5 Å². The highest BCUT2D eigenvalue weighted by molar-refractivity contribution is 6.32. The number of methoxy groups -OCH3 is 1. The zero-order valence-electron chi connectivity index (χ0n) is 18.2. The molecule has 4 rings (SSSR count). The molecule has 0 saturated carbocycles. The molecule has 0 spiro atoms. The van der Waals surface area contributed by atoms with Gasteiger partial charge in [-0.15, -0.1) is 0 Å². The van der Waals surface area contributed by atoms with Gasteiger partial charge in [-0.25, -0.2) is 0 Å². The van der Waals surface area contributed by atoms with Crippen molar-refractivity contribution in [3.63, 3.8) is 0 Å².